The second kappa shape index (κ2) is 11.1. The van der Waals surface area contributed by atoms with Gasteiger partial charge >= 0.3 is 6.36 Å². The molecule has 214 valence electrons. The molecule has 5 aliphatic rings. The number of nitrogens with one attached hydrogen (secondary N) is 3. The van der Waals surface area contributed by atoms with Gasteiger partial charge in [-0.3, -0.25) is 0 Å². The Bertz CT molecular complexity index is 1230. The van der Waals surface area contributed by atoms with Crippen molar-refractivity contribution in [2.24, 2.45) is 23.2 Å². The number of nitrogens with zero attached hydrogens (tertiary/aromatic N) is 3. The number of anilines is 2. The third-order valence-electron chi connectivity index (χ3n) is 9.22. The minimum atomic E-state index is -4.78. The second-order valence-electron chi connectivity index (χ2n) is 12.0. The van der Waals surface area contributed by atoms with Crippen LogP contribution in [0.2, 0.25) is 0 Å². The molecule has 1 aromatic carbocycles. The maximum Gasteiger partial charge on any atom is 0.573 e. The van der Waals surface area contributed by atoms with E-state index in [4.69, 9.17) is 4.74 Å². The molecule has 4 saturated carbocycles. The molecule has 5 fully saturated rings. The Labute approximate surface area is 232 Å². The molecular formula is C29H35F3N6O2. The maximum absolute atomic E-state index is 12.8. The largest absolute Gasteiger partial charge is 0.573 e. The third kappa shape index (κ3) is 5.98. The van der Waals surface area contributed by atoms with Gasteiger partial charge in [0.25, 0.3) is 0 Å². The summed E-state index contributed by atoms with van der Waals surface area (Å²) in [5, 5.41) is 20.2. The first-order valence-corrected chi connectivity index (χ1v) is 14.2. The topological polar surface area (TPSA) is 104 Å². The van der Waals surface area contributed by atoms with Crippen molar-refractivity contribution in [3.05, 3.63) is 41.6 Å². The van der Waals surface area contributed by atoms with Crippen molar-refractivity contribution < 1.29 is 22.6 Å². The summed E-state index contributed by atoms with van der Waals surface area (Å²) in [5.74, 6) is 2.51. The van der Waals surface area contributed by atoms with Crippen molar-refractivity contribution in [2.75, 3.05) is 30.4 Å². The summed E-state index contributed by atoms with van der Waals surface area (Å²) >= 11 is 0. The monoisotopic (exact) mass is 556 g/mol. The quantitative estimate of drug-likeness (QED) is 0.386. The predicted molar refractivity (Wildman–Crippen MR) is 142 cm³/mol. The van der Waals surface area contributed by atoms with Gasteiger partial charge in [0.1, 0.15) is 23.2 Å². The first-order valence-electron chi connectivity index (χ1n) is 14.2. The van der Waals surface area contributed by atoms with E-state index >= 15 is 0 Å². The highest BCUT2D eigenvalue weighted by atomic mass is 19.4. The Morgan fingerprint density at radius 1 is 1.07 bits per heavy atom. The minimum Gasteiger partial charge on any atom is -0.405 e. The molecule has 2 aromatic rings. The summed E-state index contributed by atoms with van der Waals surface area (Å²) in [5.41, 5.74) is 0.846. The molecule has 1 aliphatic heterocycles. The molecule has 0 spiro atoms. The zero-order valence-electron chi connectivity index (χ0n) is 22.3. The van der Waals surface area contributed by atoms with Crippen molar-refractivity contribution in [1.29, 1.82) is 5.26 Å². The molecule has 2 heterocycles. The molecule has 40 heavy (non-hydrogen) atoms. The molecule has 4 aliphatic carbocycles. The van der Waals surface area contributed by atoms with Gasteiger partial charge < -0.3 is 25.4 Å². The molecular weight excluding hydrogens is 521 g/mol. The van der Waals surface area contributed by atoms with E-state index in [2.05, 4.69) is 36.7 Å². The predicted octanol–water partition coefficient (Wildman–Crippen LogP) is 5.23. The molecule has 0 radical (unpaired) electrons. The van der Waals surface area contributed by atoms with Gasteiger partial charge in [0.2, 0.25) is 5.95 Å². The molecule has 3 N–H and O–H groups in total. The van der Waals surface area contributed by atoms with Gasteiger partial charge in [0.05, 0.1) is 6.20 Å². The van der Waals surface area contributed by atoms with E-state index in [0.29, 0.717) is 40.9 Å². The van der Waals surface area contributed by atoms with Crippen LogP contribution in [0.3, 0.4) is 0 Å². The van der Waals surface area contributed by atoms with Crippen LogP contribution in [0.15, 0.2) is 30.5 Å². The molecule has 2 unspecified atom stereocenters. The molecule has 1 saturated heterocycles. The van der Waals surface area contributed by atoms with Crippen molar-refractivity contribution in [3.63, 3.8) is 0 Å². The number of ether oxygens (including phenoxy) is 2. The summed E-state index contributed by atoms with van der Waals surface area (Å²) in [4.78, 5) is 8.73. The first kappa shape index (κ1) is 27.1. The van der Waals surface area contributed by atoms with E-state index in [1.54, 1.807) is 12.1 Å². The summed E-state index contributed by atoms with van der Waals surface area (Å²) in [7, 11) is 0. The van der Waals surface area contributed by atoms with Crippen molar-refractivity contribution in [1.82, 2.24) is 15.3 Å². The summed E-state index contributed by atoms with van der Waals surface area (Å²) in [6, 6.07) is 9.25. The number of hydrogen-bond donors (Lipinski definition) is 3. The highest BCUT2D eigenvalue weighted by Gasteiger charge is 2.55. The number of halogens is 3. The van der Waals surface area contributed by atoms with Gasteiger partial charge in [-0.15, -0.1) is 13.2 Å². The van der Waals surface area contributed by atoms with E-state index < -0.39 is 6.36 Å². The van der Waals surface area contributed by atoms with Crippen LogP contribution in [0.4, 0.5) is 24.9 Å². The SMILES string of the molecule is N#Cc1cnc(NCc2ccccc2OC(F)(F)F)nc1NCC12CC3CC(C1)C(NC1CCOCC1)C(C3)C2. The fourth-order valence-corrected chi connectivity index (χ4v) is 7.82. The summed E-state index contributed by atoms with van der Waals surface area (Å²) in [6.45, 7) is 2.48. The van der Waals surface area contributed by atoms with Gasteiger partial charge in [-0.25, -0.2) is 4.98 Å². The molecule has 0 amide bonds. The van der Waals surface area contributed by atoms with Crippen LogP contribution >= 0.6 is 0 Å². The Morgan fingerprint density at radius 2 is 1.82 bits per heavy atom. The van der Waals surface area contributed by atoms with E-state index in [9.17, 15) is 18.4 Å². The van der Waals surface area contributed by atoms with Gasteiger partial charge in [-0.2, -0.15) is 10.2 Å². The zero-order chi connectivity index (χ0) is 27.7. The van der Waals surface area contributed by atoms with E-state index in [0.717, 1.165) is 38.5 Å². The average Bonchev–Trinajstić information content (AvgIpc) is 2.93. The Kier molecular flexibility index (Phi) is 7.48. The number of aromatic nitrogens is 2. The molecule has 2 atom stereocenters. The lowest BCUT2D eigenvalue weighted by Crippen LogP contribution is -2.61. The summed E-state index contributed by atoms with van der Waals surface area (Å²) < 4.78 is 48.1. The van der Waals surface area contributed by atoms with Gasteiger partial charge in [0, 0.05) is 44.0 Å². The number of rotatable bonds is 9. The van der Waals surface area contributed by atoms with Crippen LogP contribution in [0.25, 0.3) is 0 Å². The Balaban J connectivity index is 1.11. The number of alkyl halides is 3. The van der Waals surface area contributed by atoms with Crippen molar-refractivity contribution in [2.45, 2.75) is 69.9 Å². The maximum atomic E-state index is 12.8. The Morgan fingerprint density at radius 3 is 2.55 bits per heavy atom. The molecule has 8 nitrogen and oxygen atoms in total. The molecule has 11 heteroatoms. The zero-order valence-corrected chi connectivity index (χ0v) is 22.3. The lowest BCUT2D eigenvalue weighted by Gasteiger charge is -2.61. The Hall–Kier alpha value is -3.10. The molecule has 7 rings (SSSR count). The molecule has 4 bridgehead atoms. The van der Waals surface area contributed by atoms with Crippen LogP contribution in [-0.2, 0) is 11.3 Å². The fraction of sp³-hybridized carbons (Fsp3) is 0.621. The van der Waals surface area contributed by atoms with E-state index in [1.165, 1.54) is 50.4 Å². The number of para-hydroxylation sites is 1. The second-order valence-corrected chi connectivity index (χ2v) is 12.0. The third-order valence-corrected chi connectivity index (χ3v) is 9.22. The highest BCUT2D eigenvalue weighted by molar-refractivity contribution is 5.53. The van der Waals surface area contributed by atoms with E-state index in [1.807, 2.05) is 0 Å². The number of hydrogen-bond acceptors (Lipinski definition) is 8. The van der Waals surface area contributed by atoms with Gasteiger partial charge in [-0.05, 0) is 74.2 Å². The lowest BCUT2D eigenvalue weighted by molar-refractivity contribution is -0.274. The van der Waals surface area contributed by atoms with Crippen molar-refractivity contribution in [3.8, 4) is 11.8 Å². The minimum absolute atomic E-state index is 0.0358. The van der Waals surface area contributed by atoms with Crippen LogP contribution in [0, 0.1) is 34.5 Å². The molecule has 1 aromatic heterocycles. The van der Waals surface area contributed by atoms with Crippen LogP contribution in [0.5, 0.6) is 5.75 Å². The number of nitriles is 1. The van der Waals surface area contributed by atoms with Gasteiger partial charge in [-0.1, -0.05) is 18.2 Å². The van der Waals surface area contributed by atoms with E-state index in [-0.39, 0.29) is 23.7 Å². The van der Waals surface area contributed by atoms with Crippen LogP contribution in [-0.4, -0.2) is 48.2 Å². The average molecular weight is 557 g/mol. The van der Waals surface area contributed by atoms with Gasteiger partial charge in [0.15, 0.2) is 0 Å². The first-order chi connectivity index (χ1) is 19.3. The highest BCUT2D eigenvalue weighted by Crippen LogP contribution is 2.60. The van der Waals surface area contributed by atoms with Crippen molar-refractivity contribution >= 4 is 11.8 Å². The standard InChI is InChI=1S/C29H35F3N6O2/c30-29(31,32)40-24-4-2-1-3-19(24)15-34-27-35-16-22(14-33)26(38-27)36-17-28-11-18-9-20(12-28)25(21(10-18)13-28)37-23-5-7-39-8-6-23/h1-4,16,18,20-21,23,25,37H,5-13,15,17H2,(H2,34,35,36,38). The van der Waals surface area contributed by atoms with Crippen LogP contribution < -0.4 is 20.7 Å². The lowest BCUT2D eigenvalue weighted by atomic mass is 9.48. The number of benzene rings is 1. The van der Waals surface area contributed by atoms with Crippen LogP contribution in [0.1, 0.15) is 56.1 Å². The normalized spacial score (nSPS) is 29.6. The fourth-order valence-electron chi connectivity index (χ4n) is 7.82. The summed E-state index contributed by atoms with van der Waals surface area (Å²) in [6.07, 6.45) is 4.98. The smallest absolute Gasteiger partial charge is 0.405 e.